The summed E-state index contributed by atoms with van der Waals surface area (Å²) in [6.07, 6.45) is 1.13. The van der Waals surface area contributed by atoms with E-state index in [1.54, 1.807) is 13.1 Å². The van der Waals surface area contributed by atoms with Gasteiger partial charge in [0.2, 0.25) is 5.95 Å². The highest BCUT2D eigenvalue weighted by molar-refractivity contribution is 7.17. The van der Waals surface area contributed by atoms with Gasteiger partial charge in [-0.25, -0.2) is 9.97 Å². The summed E-state index contributed by atoms with van der Waals surface area (Å²) in [6.45, 7) is 2.21. The number of hydrogen-bond acceptors (Lipinski definition) is 6. The molecular formula is C24H22N4O2S. The van der Waals surface area contributed by atoms with E-state index in [-0.39, 0.29) is 5.91 Å². The van der Waals surface area contributed by atoms with Crippen LogP contribution in [0, 0.1) is 0 Å². The van der Waals surface area contributed by atoms with Crippen molar-refractivity contribution in [1.29, 1.82) is 0 Å². The predicted octanol–water partition coefficient (Wildman–Crippen LogP) is 4.93. The molecule has 2 aromatic heterocycles. The largest absolute Gasteiger partial charge is 0.389 e. The quantitative estimate of drug-likeness (QED) is 0.387. The van der Waals surface area contributed by atoms with Gasteiger partial charge in [0.15, 0.2) is 0 Å². The van der Waals surface area contributed by atoms with E-state index in [2.05, 4.69) is 20.6 Å². The molecule has 7 heteroatoms. The number of thiophene rings is 1. The first-order chi connectivity index (χ1) is 15.1. The van der Waals surface area contributed by atoms with E-state index in [4.69, 9.17) is 0 Å². The van der Waals surface area contributed by atoms with E-state index in [0.717, 1.165) is 27.4 Å². The molecule has 3 N–H and O–H groups in total. The number of benzene rings is 2. The number of rotatable bonds is 7. The van der Waals surface area contributed by atoms with Gasteiger partial charge in [-0.05, 0) is 48.4 Å². The Labute approximate surface area is 184 Å². The molecule has 0 bridgehead atoms. The highest BCUT2D eigenvalue weighted by Crippen LogP contribution is 2.28. The third kappa shape index (κ3) is 5.33. The maximum atomic E-state index is 12.5. The van der Waals surface area contributed by atoms with Crippen LogP contribution in [-0.2, 0) is 6.54 Å². The van der Waals surface area contributed by atoms with E-state index in [9.17, 15) is 9.90 Å². The van der Waals surface area contributed by atoms with Crippen molar-refractivity contribution in [2.45, 2.75) is 19.6 Å². The number of carbonyl (C=O) groups is 1. The average Bonchev–Trinajstić information content (AvgIpc) is 3.29. The molecule has 0 saturated heterocycles. The van der Waals surface area contributed by atoms with Crippen LogP contribution in [0.2, 0.25) is 0 Å². The molecule has 0 saturated carbocycles. The second-order valence-corrected chi connectivity index (χ2v) is 8.11. The molecule has 6 nitrogen and oxygen atoms in total. The van der Waals surface area contributed by atoms with Crippen molar-refractivity contribution >= 4 is 28.9 Å². The van der Waals surface area contributed by atoms with Gasteiger partial charge >= 0.3 is 0 Å². The Hall–Kier alpha value is -3.55. The number of aromatic nitrogens is 2. The van der Waals surface area contributed by atoms with Gasteiger partial charge < -0.3 is 15.7 Å². The van der Waals surface area contributed by atoms with Gasteiger partial charge in [0.05, 0.1) is 21.6 Å². The minimum atomic E-state index is -0.549. The lowest BCUT2D eigenvalue weighted by atomic mass is 10.1. The van der Waals surface area contributed by atoms with Gasteiger partial charge in [0, 0.05) is 18.4 Å². The molecule has 4 rings (SSSR count). The molecule has 2 aromatic carbocycles. The van der Waals surface area contributed by atoms with Gasteiger partial charge in [-0.3, -0.25) is 4.79 Å². The fourth-order valence-electron chi connectivity index (χ4n) is 3.02. The van der Waals surface area contributed by atoms with Crippen LogP contribution >= 0.6 is 11.3 Å². The lowest BCUT2D eigenvalue weighted by molar-refractivity contribution is 0.0955. The zero-order valence-electron chi connectivity index (χ0n) is 16.9. The summed E-state index contributed by atoms with van der Waals surface area (Å²) >= 11 is 1.39. The van der Waals surface area contributed by atoms with Crippen LogP contribution in [0.25, 0.3) is 10.6 Å². The molecule has 0 radical (unpaired) electrons. The molecule has 0 aliphatic rings. The second-order valence-electron chi connectivity index (χ2n) is 7.02. The van der Waals surface area contributed by atoms with Crippen LogP contribution in [0.4, 0.5) is 11.6 Å². The molecule has 2 heterocycles. The number of aliphatic hydroxyl groups excluding tert-OH is 1. The molecular weight excluding hydrogens is 408 g/mol. The Bertz CT molecular complexity index is 1170. The Morgan fingerprint density at radius 1 is 1.06 bits per heavy atom. The molecule has 0 fully saturated rings. The first kappa shape index (κ1) is 20.7. The van der Waals surface area contributed by atoms with Gasteiger partial charge in [-0.1, -0.05) is 42.5 Å². The van der Waals surface area contributed by atoms with Crippen LogP contribution in [-0.4, -0.2) is 21.0 Å². The van der Waals surface area contributed by atoms with Gasteiger partial charge in [0.1, 0.15) is 0 Å². The van der Waals surface area contributed by atoms with Crippen molar-refractivity contribution < 1.29 is 9.90 Å². The molecule has 156 valence electrons. The van der Waals surface area contributed by atoms with Gasteiger partial charge in [0.25, 0.3) is 5.91 Å². The Balaban J connectivity index is 1.45. The summed E-state index contributed by atoms with van der Waals surface area (Å²) in [5.74, 6) is 0.339. The molecule has 1 amide bonds. The highest BCUT2D eigenvalue weighted by Gasteiger charge is 2.12. The lowest BCUT2D eigenvalue weighted by Crippen LogP contribution is -2.21. The molecule has 0 spiro atoms. The van der Waals surface area contributed by atoms with E-state index < -0.39 is 6.10 Å². The average molecular weight is 431 g/mol. The Kier molecular flexibility index (Phi) is 6.35. The maximum Gasteiger partial charge on any atom is 0.261 e. The van der Waals surface area contributed by atoms with Crippen molar-refractivity contribution in [2.75, 3.05) is 5.32 Å². The molecule has 4 aromatic rings. The van der Waals surface area contributed by atoms with Crippen LogP contribution in [0.5, 0.6) is 0 Å². The highest BCUT2D eigenvalue weighted by atomic mass is 32.1. The standard InChI is InChI=1S/C24H22N4O2S/c1-16(29)18-8-5-9-19(14-18)27-24-25-13-12-20(28-24)21-10-11-22(31-21)23(30)26-15-17-6-3-2-4-7-17/h2-14,16,29H,15H2,1H3,(H,26,30)(H,25,27,28). The van der Waals surface area contributed by atoms with Gasteiger partial charge in [-0.15, -0.1) is 11.3 Å². The van der Waals surface area contributed by atoms with E-state index in [1.165, 1.54) is 11.3 Å². The summed E-state index contributed by atoms with van der Waals surface area (Å²) in [6, 6.07) is 22.8. The zero-order valence-corrected chi connectivity index (χ0v) is 17.8. The molecule has 1 atom stereocenters. The summed E-state index contributed by atoms with van der Waals surface area (Å²) in [5.41, 5.74) is 3.39. The third-order valence-corrected chi connectivity index (χ3v) is 5.77. The predicted molar refractivity (Wildman–Crippen MR) is 123 cm³/mol. The Morgan fingerprint density at radius 2 is 1.90 bits per heavy atom. The van der Waals surface area contributed by atoms with E-state index in [1.807, 2.05) is 72.8 Å². The minimum absolute atomic E-state index is 0.109. The number of amides is 1. The fraction of sp³-hybridized carbons (Fsp3) is 0.125. The number of aliphatic hydroxyl groups is 1. The second kappa shape index (κ2) is 9.51. The first-order valence-electron chi connectivity index (χ1n) is 9.89. The number of hydrogen-bond donors (Lipinski definition) is 3. The van der Waals surface area contributed by atoms with Crippen LogP contribution in [0.15, 0.2) is 79.0 Å². The van der Waals surface area contributed by atoms with Crippen molar-refractivity contribution in [3.63, 3.8) is 0 Å². The molecule has 0 aliphatic heterocycles. The van der Waals surface area contributed by atoms with Crippen molar-refractivity contribution in [3.8, 4) is 10.6 Å². The maximum absolute atomic E-state index is 12.5. The number of carbonyl (C=O) groups excluding carboxylic acids is 1. The fourth-order valence-corrected chi connectivity index (χ4v) is 3.92. The SMILES string of the molecule is CC(O)c1cccc(Nc2nccc(-c3ccc(C(=O)NCc4ccccc4)s3)n2)c1. The minimum Gasteiger partial charge on any atom is -0.389 e. The number of nitrogens with zero attached hydrogens (tertiary/aromatic N) is 2. The van der Waals surface area contributed by atoms with Crippen LogP contribution in [0.1, 0.15) is 33.8 Å². The smallest absolute Gasteiger partial charge is 0.261 e. The lowest BCUT2D eigenvalue weighted by Gasteiger charge is -2.09. The summed E-state index contributed by atoms with van der Waals surface area (Å²) in [4.78, 5) is 22.9. The number of anilines is 2. The van der Waals surface area contributed by atoms with Crippen molar-refractivity contribution in [1.82, 2.24) is 15.3 Å². The van der Waals surface area contributed by atoms with Crippen LogP contribution in [0.3, 0.4) is 0 Å². The van der Waals surface area contributed by atoms with Crippen molar-refractivity contribution in [2.24, 2.45) is 0 Å². The Morgan fingerprint density at radius 3 is 2.71 bits per heavy atom. The van der Waals surface area contributed by atoms with E-state index in [0.29, 0.717) is 17.4 Å². The van der Waals surface area contributed by atoms with Gasteiger partial charge in [-0.2, -0.15) is 0 Å². The summed E-state index contributed by atoms with van der Waals surface area (Å²) in [7, 11) is 0. The number of nitrogens with one attached hydrogen (secondary N) is 2. The summed E-state index contributed by atoms with van der Waals surface area (Å²) < 4.78 is 0. The zero-order chi connectivity index (χ0) is 21.6. The molecule has 31 heavy (non-hydrogen) atoms. The molecule has 0 aliphatic carbocycles. The third-order valence-electron chi connectivity index (χ3n) is 4.66. The molecule has 1 unspecified atom stereocenters. The van der Waals surface area contributed by atoms with E-state index >= 15 is 0 Å². The monoisotopic (exact) mass is 430 g/mol. The van der Waals surface area contributed by atoms with Crippen LogP contribution < -0.4 is 10.6 Å². The summed E-state index contributed by atoms with van der Waals surface area (Å²) in [5, 5.41) is 15.9. The first-order valence-corrected chi connectivity index (χ1v) is 10.7. The topological polar surface area (TPSA) is 87.1 Å². The van der Waals surface area contributed by atoms with Crippen molar-refractivity contribution in [3.05, 3.63) is 95.0 Å². The normalized spacial score (nSPS) is 11.7.